The zero-order valence-electron chi connectivity index (χ0n) is 13.0. The van der Waals surface area contributed by atoms with Crippen molar-refractivity contribution in [3.8, 4) is 0 Å². The maximum Gasteiger partial charge on any atom is 0.241 e. The molecule has 21 heavy (non-hydrogen) atoms. The van der Waals surface area contributed by atoms with Crippen molar-refractivity contribution in [3.05, 3.63) is 22.4 Å². The lowest BCUT2D eigenvalue weighted by atomic mass is 10.2. The first-order chi connectivity index (χ1) is 10.1. The molecule has 2 unspecified atom stereocenters. The fourth-order valence-corrected chi connectivity index (χ4v) is 3.20. The third kappa shape index (κ3) is 4.26. The first kappa shape index (κ1) is 16.4. The molecule has 118 valence electrons. The van der Waals surface area contributed by atoms with Gasteiger partial charge in [-0.15, -0.1) is 11.3 Å². The highest BCUT2D eigenvalue weighted by atomic mass is 32.1. The van der Waals surface area contributed by atoms with Crippen LogP contribution in [0.25, 0.3) is 0 Å². The molecular formula is C15H25N3O2S. The molecule has 1 fully saturated rings. The summed E-state index contributed by atoms with van der Waals surface area (Å²) in [7, 11) is 4.05. The van der Waals surface area contributed by atoms with E-state index in [4.69, 9.17) is 4.74 Å². The normalized spacial score (nSPS) is 22.5. The van der Waals surface area contributed by atoms with Crippen LogP contribution in [0.1, 0.15) is 24.4 Å². The Morgan fingerprint density at radius 3 is 2.86 bits per heavy atom. The summed E-state index contributed by atoms with van der Waals surface area (Å²) in [4.78, 5) is 17.6. The second-order valence-corrected chi connectivity index (χ2v) is 6.47. The second kappa shape index (κ2) is 7.89. The van der Waals surface area contributed by atoms with Crippen molar-refractivity contribution in [1.29, 1.82) is 0 Å². The number of carbonyl (C=O) groups is 1. The van der Waals surface area contributed by atoms with E-state index in [2.05, 4.69) is 16.3 Å². The fraction of sp³-hybridized carbons (Fsp3) is 0.667. The summed E-state index contributed by atoms with van der Waals surface area (Å²) < 4.78 is 5.63. The number of nitrogens with one attached hydrogen (secondary N) is 1. The molecule has 0 saturated carbocycles. The van der Waals surface area contributed by atoms with Gasteiger partial charge in [0.05, 0.1) is 19.3 Å². The first-order valence-corrected chi connectivity index (χ1v) is 8.34. The average Bonchev–Trinajstić information content (AvgIpc) is 3.07. The molecule has 6 heteroatoms. The third-order valence-electron chi connectivity index (χ3n) is 3.63. The van der Waals surface area contributed by atoms with Gasteiger partial charge in [0.1, 0.15) is 6.17 Å². The van der Waals surface area contributed by atoms with Crippen LogP contribution in [0.3, 0.4) is 0 Å². The van der Waals surface area contributed by atoms with Gasteiger partial charge in [-0.05, 0) is 32.0 Å². The van der Waals surface area contributed by atoms with Crippen LogP contribution in [-0.2, 0) is 9.53 Å². The molecule has 1 N–H and O–H groups in total. The Labute approximate surface area is 130 Å². The highest BCUT2D eigenvalue weighted by Crippen LogP contribution is 2.29. The molecule has 0 aromatic carbocycles. The Hall–Kier alpha value is -0.950. The van der Waals surface area contributed by atoms with Gasteiger partial charge in [-0.25, -0.2) is 0 Å². The van der Waals surface area contributed by atoms with Gasteiger partial charge < -0.3 is 14.5 Å². The Morgan fingerprint density at radius 1 is 1.43 bits per heavy atom. The van der Waals surface area contributed by atoms with E-state index in [0.29, 0.717) is 19.8 Å². The number of hydrogen-bond donors (Lipinski definition) is 1. The molecule has 2 heterocycles. The summed E-state index contributed by atoms with van der Waals surface area (Å²) in [5.74, 6) is 0.187. The van der Waals surface area contributed by atoms with Crippen molar-refractivity contribution in [2.24, 2.45) is 0 Å². The molecule has 1 aliphatic heterocycles. The molecule has 2 atom stereocenters. The molecular weight excluding hydrogens is 286 g/mol. The SMILES string of the molecule is CCC1NC(c2cccs2)N(CCOCCN(C)C)C1=O. The Balaban J connectivity index is 1.89. The summed E-state index contributed by atoms with van der Waals surface area (Å²) in [6.07, 6.45) is 0.818. The predicted molar refractivity (Wildman–Crippen MR) is 85.4 cm³/mol. The number of amides is 1. The molecule has 1 aromatic rings. The van der Waals surface area contributed by atoms with Crippen molar-refractivity contribution < 1.29 is 9.53 Å². The summed E-state index contributed by atoms with van der Waals surface area (Å²) >= 11 is 1.68. The monoisotopic (exact) mass is 311 g/mol. The van der Waals surface area contributed by atoms with E-state index in [-0.39, 0.29) is 18.1 Å². The molecule has 1 saturated heterocycles. The van der Waals surface area contributed by atoms with Crippen LogP contribution in [0.4, 0.5) is 0 Å². The van der Waals surface area contributed by atoms with Crippen LogP contribution >= 0.6 is 11.3 Å². The van der Waals surface area contributed by atoms with Gasteiger partial charge in [0, 0.05) is 18.0 Å². The van der Waals surface area contributed by atoms with Crippen LogP contribution in [0, 0.1) is 0 Å². The minimum Gasteiger partial charge on any atom is -0.378 e. The quantitative estimate of drug-likeness (QED) is 0.740. The topological polar surface area (TPSA) is 44.8 Å². The van der Waals surface area contributed by atoms with E-state index in [1.54, 1.807) is 11.3 Å². The largest absolute Gasteiger partial charge is 0.378 e. The van der Waals surface area contributed by atoms with Crippen molar-refractivity contribution in [2.45, 2.75) is 25.6 Å². The maximum absolute atomic E-state index is 12.4. The van der Waals surface area contributed by atoms with Gasteiger partial charge in [-0.3, -0.25) is 10.1 Å². The zero-order chi connectivity index (χ0) is 15.2. The molecule has 1 amide bonds. The van der Waals surface area contributed by atoms with Crippen LogP contribution in [0.5, 0.6) is 0 Å². The number of likely N-dealkylation sites (N-methyl/N-ethyl adjacent to an activating group) is 1. The molecule has 0 bridgehead atoms. The summed E-state index contributed by atoms with van der Waals surface area (Å²) in [5.41, 5.74) is 0. The first-order valence-electron chi connectivity index (χ1n) is 7.46. The van der Waals surface area contributed by atoms with E-state index in [1.165, 1.54) is 4.88 Å². The lowest BCUT2D eigenvalue weighted by Crippen LogP contribution is -2.34. The number of rotatable bonds is 8. The van der Waals surface area contributed by atoms with Gasteiger partial charge in [-0.1, -0.05) is 13.0 Å². The second-order valence-electron chi connectivity index (χ2n) is 5.49. The Morgan fingerprint density at radius 2 is 2.24 bits per heavy atom. The number of nitrogens with zero attached hydrogens (tertiary/aromatic N) is 2. The maximum atomic E-state index is 12.4. The third-order valence-corrected chi connectivity index (χ3v) is 4.56. The Bertz CT molecular complexity index is 436. The number of hydrogen-bond acceptors (Lipinski definition) is 5. The molecule has 1 aliphatic rings. The number of ether oxygens (including phenoxy) is 1. The molecule has 0 aliphatic carbocycles. The molecule has 5 nitrogen and oxygen atoms in total. The van der Waals surface area contributed by atoms with Gasteiger partial charge in [0.2, 0.25) is 5.91 Å². The smallest absolute Gasteiger partial charge is 0.241 e. The summed E-state index contributed by atoms with van der Waals surface area (Å²) in [5, 5.41) is 5.47. The lowest BCUT2D eigenvalue weighted by molar-refractivity contribution is -0.130. The van der Waals surface area contributed by atoms with Crippen LogP contribution in [0.15, 0.2) is 17.5 Å². The average molecular weight is 311 g/mol. The van der Waals surface area contributed by atoms with E-state index >= 15 is 0 Å². The molecule has 2 rings (SSSR count). The summed E-state index contributed by atoms with van der Waals surface area (Å²) in [6, 6.07) is 4.03. The highest BCUT2D eigenvalue weighted by Gasteiger charge is 2.38. The van der Waals surface area contributed by atoms with E-state index in [1.807, 2.05) is 37.4 Å². The van der Waals surface area contributed by atoms with E-state index < -0.39 is 0 Å². The minimum absolute atomic E-state index is 0.0000937. The van der Waals surface area contributed by atoms with Crippen molar-refractivity contribution in [1.82, 2.24) is 15.1 Å². The molecule has 1 aromatic heterocycles. The molecule has 0 spiro atoms. The number of carbonyl (C=O) groups excluding carboxylic acids is 1. The predicted octanol–water partition coefficient (Wildman–Crippen LogP) is 1.54. The van der Waals surface area contributed by atoms with Gasteiger partial charge >= 0.3 is 0 Å². The fourth-order valence-electron chi connectivity index (χ4n) is 2.41. The van der Waals surface area contributed by atoms with Gasteiger partial charge in [-0.2, -0.15) is 0 Å². The van der Waals surface area contributed by atoms with Crippen LogP contribution < -0.4 is 5.32 Å². The van der Waals surface area contributed by atoms with Crippen molar-refractivity contribution in [3.63, 3.8) is 0 Å². The van der Waals surface area contributed by atoms with E-state index in [0.717, 1.165) is 13.0 Å². The lowest BCUT2D eigenvalue weighted by Gasteiger charge is -2.23. The van der Waals surface area contributed by atoms with Crippen molar-refractivity contribution >= 4 is 17.2 Å². The van der Waals surface area contributed by atoms with Crippen LogP contribution in [0.2, 0.25) is 0 Å². The molecule has 0 radical (unpaired) electrons. The van der Waals surface area contributed by atoms with Crippen molar-refractivity contribution in [2.75, 3.05) is 40.4 Å². The van der Waals surface area contributed by atoms with Gasteiger partial charge in [0.25, 0.3) is 0 Å². The number of thiophene rings is 1. The minimum atomic E-state index is -0.0705. The standard InChI is InChI=1S/C15H25N3O2S/c1-4-12-15(19)18(8-10-20-9-7-17(2)3)14(16-12)13-6-5-11-21-13/h5-6,11-12,14,16H,4,7-10H2,1-3H3. The zero-order valence-corrected chi connectivity index (χ0v) is 13.9. The Kier molecular flexibility index (Phi) is 6.17. The van der Waals surface area contributed by atoms with E-state index in [9.17, 15) is 4.79 Å². The van der Waals surface area contributed by atoms with Crippen LogP contribution in [-0.4, -0.2) is 62.1 Å². The summed E-state index contributed by atoms with van der Waals surface area (Å²) in [6.45, 7) is 4.86. The van der Waals surface area contributed by atoms with Gasteiger partial charge in [0.15, 0.2) is 0 Å². The highest BCUT2D eigenvalue weighted by molar-refractivity contribution is 7.10.